The van der Waals surface area contributed by atoms with Crippen LogP contribution in [0.5, 0.6) is 0 Å². The van der Waals surface area contributed by atoms with Gasteiger partial charge in [-0.15, -0.1) is 0 Å². The Hall–Kier alpha value is -1.26. The molecule has 80 valence electrons. The number of rotatable bonds is 3. The zero-order valence-electron chi connectivity index (χ0n) is 8.71. The molecule has 0 bridgehead atoms. The van der Waals surface area contributed by atoms with Gasteiger partial charge in [-0.3, -0.25) is 0 Å². The van der Waals surface area contributed by atoms with E-state index in [1.165, 1.54) is 0 Å². The maximum absolute atomic E-state index is 6.10. The standard InChI is InChI=1S/C10H13ClN4/c1-12-6-8-14-10(11)9(15(8)2)7-3-4-13-5-7/h3-5,12-13H,6H2,1-2H3. The van der Waals surface area contributed by atoms with Crippen LogP contribution in [0, 0.1) is 0 Å². The SMILES string of the molecule is CNCc1nc(Cl)c(-c2cc[nH]c2)n1C. The highest BCUT2D eigenvalue weighted by atomic mass is 35.5. The molecule has 0 amide bonds. The Labute approximate surface area is 93.3 Å². The fraction of sp³-hybridized carbons (Fsp3) is 0.300. The molecule has 5 heteroatoms. The van der Waals surface area contributed by atoms with Crippen molar-refractivity contribution in [2.45, 2.75) is 6.54 Å². The Kier molecular flexibility index (Phi) is 2.79. The normalized spacial score (nSPS) is 10.9. The second-order valence-electron chi connectivity index (χ2n) is 3.36. The monoisotopic (exact) mass is 224 g/mol. The third-order valence-electron chi connectivity index (χ3n) is 2.35. The summed E-state index contributed by atoms with van der Waals surface area (Å²) in [6.07, 6.45) is 3.78. The molecular formula is C10H13ClN4. The number of hydrogen-bond donors (Lipinski definition) is 2. The van der Waals surface area contributed by atoms with Gasteiger partial charge in [0.2, 0.25) is 0 Å². The third kappa shape index (κ3) is 1.78. The molecule has 2 aromatic rings. The Morgan fingerprint density at radius 1 is 1.60 bits per heavy atom. The van der Waals surface area contributed by atoms with Crippen LogP contribution in [0.2, 0.25) is 5.15 Å². The molecule has 15 heavy (non-hydrogen) atoms. The van der Waals surface area contributed by atoms with Crippen molar-refractivity contribution in [2.24, 2.45) is 7.05 Å². The van der Waals surface area contributed by atoms with Crippen LogP contribution in [0.15, 0.2) is 18.5 Å². The highest BCUT2D eigenvalue weighted by Crippen LogP contribution is 2.27. The van der Waals surface area contributed by atoms with Crippen molar-refractivity contribution < 1.29 is 0 Å². The number of aromatic nitrogens is 3. The van der Waals surface area contributed by atoms with Crippen molar-refractivity contribution >= 4 is 11.6 Å². The van der Waals surface area contributed by atoms with Gasteiger partial charge in [0.15, 0.2) is 5.15 Å². The van der Waals surface area contributed by atoms with Gasteiger partial charge in [-0.1, -0.05) is 11.6 Å². The average molecular weight is 225 g/mol. The summed E-state index contributed by atoms with van der Waals surface area (Å²) in [6.45, 7) is 0.709. The Morgan fingerprint density at radius 3 is 3.00 bits per heavy atom. The van der Waals surface area contributed by atoms with E-state index in [4.69, 9.17) is 11.6 Å². The van der Waals surface area contributed by atoms with Crippen molar-refractivity contribution in [3.63, 3.8) is 0 Å². The van der Waals surface area contributed by atoms with Crippen LogP contribution in [0.25, 0.3) is 11.3 Å². The second kappa shape index (κ2) is 4.08. The first-order valence-electron chi connectivity index (χ1n) is 4.73. The highest BCUT2D eigenvalue weighted by molar-refractivity contribution is 6.32. The Balaban J connectivity index is 2.48. The summed E-state index contributed by atoms with van der Waals surface area (Å²) in [6, 6.07) is 1.98. The lowest BCUT2D eigenvalue weighted by Gasteiger charge is -2.03. The van der Waals surface area contributed by atoms with Crippen molar-refractivity contribution in [3.8, 4) is 11.3 Å². The lowest BCUT2D eigenvalue weighted by molar-refractivity contribution is 0.712. The van der Waals surface area contributed by atoms with Gasteiger partial charge in [0.1, 0.15) is 5.82 Å². The van der Waals surface area contributed by atoms with Crippen molar-refractivity contribution in [3.05, 3.63) is 29.4 Å². The summed E-state index contributed by atoms with van der Waals surface area (Å²) in [4.78, 5) is 7.32. The van der Waals surface area contributed by atoms with E-state index in [0.717, 1.165) is 17.1 Å². The average Bonchev–Trinajstić information content (AvgIpc) is 2.77. The largest absolute Gasteiger partial charge is 0.367 e. The summed E-state index contributed by atoms with van der Waals surface area (Å²) >= 11 is 6.10. The second-order valence-corrected chi connectivity index (χ2v) is 3.71. The molecule has 4 nitrogen and oxygen atoms in total. The molecular weight excluding hydrogens is 212 g/mol. The predicted molar refractivity (Wildman–Crippen MR) is 60.8 cm³/mol. The molecule has 0 aromatic carbocycles. The summed E-state index contributed by atoms with van der Waals surface area (Å²) < 4.78 is 2.00. The van der Waals surface area contributed by atoms with Gasteiger partial charge >= 0.3 is 0 Å². The molecule has 0 saturated heterocycles. The highest BCUT2D eigenvalue weighted by Gasteiger charge is 2.14. The molecule has 2 N–H and O–H groups in total. The van der Waals surface area contributed by atoms with Gasteiger partial charge in [-0.05, 0) is 13.1 Å². The zero-order chi connectivity index (χ0) is 10.8. The first kappa shape index (κ1) is 10.3. The summed E-state index contributed by atoms with van der Waals surface area (Å²) in [5.74, 6) is 0.929. The number of nitrogens with one attached hydrogen (secondary N) is 2. The lowest BCUT2D eigenvalue weighted by atomic mass is 10.2. The van der Waals surface area contributed by atoms with E-state index in [0.29, 0.717) is 11.7 Å². The van der Waals surface area contributed by atoms with Gasteiger partial charge in [0.25, 0.3) is 0 Å². The smallest absolute Gasteiger partial charge is 0.155 e. The molecule has 0 aliphatic heterocycles. The minimum Gasteiger partial charge on any atom is -0.367 e. The number of aromatic amines is 1. The molecule has 0 fully saturated rings. The van der Waals surface area contributed by atoms with Gasteiger partial charge in [0, 0.05) is 25.0 Å². The van der Waals surface area contributed by atoms with E-state index in [1.54, 1.807) is 0 Å². The van der Waals surface area contributed by atoms with E-state index >= 15 is 0 Å². The predicted octanol–water partition coefficient (Wildman–Crippen LogP) is 1.79. The number of halogens is 1. The molecule has 2 aromatic heterocycles. The van der Waals surface area contributed by atoms with Gasteiger partial charge in [0.05, 0.1) is 12.2 Å². The van der Waals surface area contributed by atoms with E-state index in [1.807, 2.05) is 37.1 Å². The molecule has 2 heterocycles. The van der Waals surface area contributed by atoms with Crippen LogP contribution in [0.1, 0.15) is 5.82 Å². The van der Waals surface area contributed by atoms with Crippen LogP contribution < -0.4 is 5.32 Å². The molecule has 0 aliphatic carbocycles. The third-order valence-corrected chi connectivity index (χ3v) is 2.62. The van der Waals surface area contributed by atoms with Crippen LogP contribution in [0.3, 0.4) is 0 Å². The van der Waals surface area contributed by atoms with Crippen molar-refractivity contribution in [1.29, 1.82) is 0 Å². The molecule has 0 radical (unpaired) electrons. The minimum atomic E-state index is 0.544. The molecule has 0 atom stereocenters. The van der Waals surface area contributed by atoms with Crippen LogP contribution in [-0.4, -0.2) is 21.6 Å². The first-order valence-corrected chi connectivity index (χ1v) is 5.10. The molecule has 0 aliphatic rings. The molecule has 0 spiro atoms. The first-order chi connectivity index (χ1) is 7.24. The number of H-pyrrole nitrogens is 1. The Morgan fingerprint density at radius 2 is 2.40 bits per heavy atom. The fourth-order valence-corrected chi connectivity index (χ4v) is 1.94. The number of hydrogen-bond acceptors (Lipinski definition) is 2. The van der Waals surface area contributed by atoms with E-state index in [9.17, 15) is 0 Å². The number of imidazole rings is 1. The van der Waals surface area contributed by atoms with Gasteiger partial charge < -0.3 is 14.9 Å². The molecule has 0 unspecified atom stereocenters. The van der Waals surface area contributed by atoms with Gasteiger partial charge in [-0.2, -0.15) is 0 Å². The Bertz CT molecular complexity index is 444. The topological polar surface area (TPSA) is 45.6 Å². The summed E-state index contributed by atoms with van der Waals surface area (Å²) in [5.41, 5.74) is 2.00. The van der Waals surface area contributed by atoms with Crippen LogP contribution in [0.4, 0.5) is 0 Å². The lowest BCUT2D eigenvalue weighted by Crippen LogP contribution is -2.10. The van der Waals surface area contributed by atoms with Crippen molar-refractivity contribution in [2.75, 3.05) is 7.05 Å². The van der Waals surface area contributed by atoms with Crippen LogP contribution >= 0.6 is 11.6 Å². The maximum atomic E-state index is 6.10. The molecule has 2 rings (SSSR count). The van der Waals surface area contributed by atoms with Gasteiger partial charge in [-0.25, -0.2) is 4.98 Å². The van der Waals surface area contributed by atoms with Crippen LogP contribution in [-0.2, 0) is 13.6 Å². The summed E-state index contributed by atoms with van der Waals surface area (Å²) in [7, 11) is 3.85. The molecule has 0 saturated carbocycles. The van der Waals surface area contributed by atoms with E-state index in [-0.39, 0.29) is 0 Å². The zero-order valence-corrected chi connectivity index (χ0v) is 9.47. The van der Waals surface area contributed by atoms with Crippen molar-refractivity contribution in [1.82, 2.24) is 19.9 Å². The van der Waals surface area contributed by atoms with E-state index in [2.05, 4.69) is 15.3 Å². The minimum absolute atomic E-state index is 0.544. The quantitative estimate of drug-likeness (QED) is 0.835. The van der Waals surface area contributed by atoms with E-state index < -0.39 is 0 Å². The fourth-order valence-electron chi connectivity index (χ4n) is 1.61. The maximum Gasteiger partial charge on any atom is 0.155 e. The summed E-state index contributed by atoms with van der Waals surface area (Å²) in [5, 5.41) is 3.60. The number of nitrogens with zero attached hydrogens (tertiary/aromatic N) is 2.